The lowest BCUT2D eigenvalue weighted by atomic mass is 9.67. The molecule has 3 N–H and O–H groups in total. The van der Waals surface area contributed by atoms with Crippen molar-refractivity contribution in [2.75, 3.05) is 27.2 Å². The Balaban J connectivity index is 0.000000846. The van der Waals surface area contributed by atoms with E-state index in [1.807, 2.05) is 79.1 Å². The highest BCUT2D eigenvalue weighted by atomic mass is 16.5. The zero-order valence-electron chi connectivity index (χ0n) is 27.0. The number of allylic oxidation sites excluding steroid dienone is 1. The van der Waals surface area contributed by atoms with Crippen LogP contribution in [0.2, 0.25) is 0 Å². The molecular formula is C35H59N3O2. The molecule has 1 amide bonds. The number of amides is 1. The Kier molecular flexibility index (Phi) is 21.4. The lowest BCUT2D eigenvalue weighted by molar-refractivity contribution is 0.0930. The summed E-state index contributed by atoms with van der Waals surface area (Å²) in [6.45, 7) is 16.1. The van der Waals surface area contributed by atoms with Crippen molar-refractivity contribution in [2.45, 2.75) is 98.4 Å². The van der Waals surface area contributed by atoms with Gasteiger partial charge in [0.15, 0.2) is 0 Å². The molecule has 1 atom stereocenters. The molecule has 0 radical (unpaired) electrons. The van der Waals surface area contributed by atoms with E-state index in [1.54, 1.807) is 7.11 Å². The Hall–Kier alpha value is -2.79. The molecule has 40 heavy (non-hydrogen) atoms. The molecule has 5 heteroatoms. The fourth-order valence-corrected chi connectivity index (χ4v) is 4.93. The molecule has 1 unspecified atom stereocenters. The first-order chi connectivity index (χ1) is 19.6. The highest BCUT2D eigenvalue weighted by Crippen LogP contribution is 2.41. The van der Waals surface area contributed by atoms with E-state index in [4.69, 9.17) is 4.74 Å². The number of para-hydroxylation sites is 1. The topological polar surface area (TPSA) is 62.4 Å². The Morgan fingerprint density at radius 2 is 1.52 bits per heavy atom. The highest BCUT2D eigenvalue weighted by molar-refractivity contribution is 5.96. The first-order valence-electron chi connectivity index (χ1n) is 15.6. The number of benzene rings is 2. The second-order valence-electron chi connectivity index (χ2n) is 9.61. The van der Waals surface area contributed by atoms with Crippen LogP contribution in [0.5, 0.6) is 5.75 Å². The van der Waals surface area contributed by atoms with Crippen LogP contribution in [-0.4, -0.2) is 39.2 Å². The van der Waals surface area contributed by atoms with Crippen LogP contribution in [0.1, 0.15) is 103 Å². The first-order valence-corrected chi connectivity index (χ1v) is 15.6. The molecular weight excluding hydrogens is 494 g/mol. The molecule has 5 nitrogen and oxygen atoms in total. The summed E-state index contributed by atoms with van der Waals surface area (Å²) in [5.74, 6) is 1.32. The van der Waals surface area contributed by atoms with E-state index in [2.05, 4.69) is 59.3 Å². The molecule has 0 spiro atoms. The van der Waals surface area contributed by atoms with E-state index in [1.165, 1.54) is 31.2 Å². The van der Waals surface area contributed by atoms with Gasteiger partial charge in [-0.15, -0.1) is 0 Å². The number of nitrogens with one attached hydrogen (secondary N) is 3. The van der Waals surface area contributed by atoms with E-state index < -0.39 is 0 Å². The van der Waals surface area contributed by atoms with Gasteiger partial charge in [-0.2, -0.15) is 0 Å². The molecule has 0 bridgehead atoms. The number of likely N-dealkylation sites (N-methyl/N-ethyl adjacent to an activating group) is 1. The Labute approximate surface area is 246 Å². The largest absolute Gasteiger partial charge is 0.496 e. The van der Waals surface area contributed by atoms with Crippen LogP contribution in [0.25, 0.3) is 0 Å². The van der Waals surface area contributed by atoms with Crippen molar-refractivity contribution in [3.05, 3.63) is 78.0 Å². The third kappa shape index (κ3) is 12.6. The number of rotatable bonds is 7. The third-order valence-corrected chi connectivity index (χ3v) is 7.14. The number of carbonyl (C=O) groups is 1. The van der Waals surface area contributed by atoms with E-state index in [0.29, 0.717) is 23.9 Å². The van der Waals surface area contributed by atoms with Gasteiger partial charge in [-0.25, -0.2) is 0 Å². The summed E-state index contributed by atoms with van der Waals surface area (Å²) in [4.78, 5) is 12.7. The third-order valence-electron chi connectivity index (χ3n) is 7.14. The predicted molar refractivity (Wildman–Crippen MR) is 174 cm³/mol. The number of ether oxygens (including phenoxy) is 1. The molecule has 2 aromatic carbocycles. The van der Waals surface area contributed by atoms with E-state index in [9.17, 15) is 4.79 Å². The minimum atomic E-state index is -0.0635. The van der Waals surface area contributed by atoms with Gasteiger partial charge in [0.05, 0.1) is 12.7 Å². The molecule has 1 aliphatic carbocycles. The van der Waals surface area contributed by atoms with Crippen molar-refractivity contribution in [2.24, 2.45) is 5.92 Å². The smallest absolute Gasteiger partial charge is 0.255 e. The van der Waals surface area contributed by atoms with Gasteiger partial charge in [-0.3, -0.25) is 4.79 Å². The highest BCUT2D eigenvalue weighted by Gasteiger charge is 2.36. The minimum Gasteiger partial charge on any atom is -0.496 e. The van der Waals surface area contributed by atoms with Gasteiger partial charge < -0.3 is 20.7 Å². The molecule has 2 aliphatic rings. The van der Waals surface area contributed by atoms with Gasteiger partial charge in [0.25, 0.3) is 5.91 Å². The van der Waals surface area contributed by atoms with Crippen molar-refractivity contribution < 1.29 is 9.53 Å². The average Bonchev–Trinajstić information content (AvgIpc) is 3.05. The molecule has 1 heterocycles. The van der Waals surface area contributed by atoms with Crippen LogP contribution < -0.4 is 20.7 Å². The van der Waals surface area contributed by atoms with Crippen LogP contribution in [0, 0.1) is 5.92 Å². The summed E-state index contributed by atoms with van der Waals surface area (Å²) < 4.78 is 5.32. The van der Waals surface area contributed by atoms with Gasteiger partial charge in [0.2, 0.25) is 0 Å². The molecule has 0 aromatic heterocycles. The normalized spacial score (nSPS) is 20.6. The van der Waals surface area contributed by atoms with Crippen molar-refractivity contribution in [3.63, 3.8) is 0 Å². The van der Waals surface area contributed by atoms with E-state index in [0.717, 1.165) is 25.3 Å². The van der Waals surface area contributed by atoms with Gasteiger partial charge in [-0.1, -0.05) is 97.0 Å². The number of hydrogen-bond donors (Lipinski definition) is 3. The Bertz CT molecular complexity index is 906. The summed E-state index contributed by atoms with van der Waals surface area (Å²) in [6.07, 6.45) is 11.3. The number of methoxy groups -OCH3 is 1. The SMILES string of the molecule is CC.CC.CC.CNCC1CCC=CN1.COc1ccccc1C(=O)NCC1(c2ccccc2)CCC(C)CC1. The molecule has 1 fully saturated rings. The maximum atomic E-state index is 12.7. The molecule has 0 saturated heterocycles. The van der Waals surface area contributed by atoms with E-state index in [-0.39, 0.29) is 11.3 Å². The summed E-state index contributed by atoms with van der Waals surface area (Å²) in [7, 11) is 3.58. The second kappa shape index (κ2) is 23.0. The van der Waals surface area contributed by atoms with Crippen LogP contribution in [0.4, 0.5) is 0 Å². The summed E-state index contributed by atoms with van der Waals surface area (Å²) in [5, 5.41) is 9.60. The van der Waals surface area contributed by atoms with Crippen LogP contribution in [-0.2, 0) is 5.41 Å². The molecule has 226 valence electrons. The predicted octanol–water partition coefficient (Wildman–Crippen LogP) is 8.12. The molecule has 1 aliphatic heterocycles. The Morgan fingerprint density at radius 1 is 0.925 bits per heavy atom. The average molecular weight is 554 g/mol. The fourth-order valence-electron chi connectivity index (χ4n) is 4.93. The van der Waals surface area contributed by atoms with Gasteiger partial charge >= 0.3 is 0 Å². The van der Waals surface area contributed by atoms with Gasteiger partial charge in [-0.05, 0) is 75.4 Å². The standard InChI is InChI=1S/C22H27NO2.C7H14N2.3C2H6/c1-17-12-14-22(15-13-17,18-8-4-3-5-9-18)16-23-21(24)19-10-6-7-11-20(19)25-2;1-8-6-7-4-2-3-5-9-7;3*1-2/h3-11,17H,12-16H2,1-2H3,(H,23,24);3,5,7-9H,2,4,6H2,1H3;3*1-2H3. The minimum absolute atomic E-state index is 0.0332. The van der Waals surface area contributed by atoms with Crippen LogP contribution >= 0.6 is 0 Å². The van der Waals surface area contributed by atoms with Gasteiger partial charge in [0, 0.05) is 24.5 Å². The van der Waals surface area contributed by atoms with Gasteiger partial charge in [0.1, 0.15) is 5.75 Å². The Morgan fingerprint density at radius 3 is 2.08 bits per heavy atom. The number of hydrogen-bond acceptors (Lipinski definition) is 4. The monoisotopic (exact) mass is 553 g/mol. The maximum absolute atomic E-state index is 12.7. The van der Waals surface area contributed by atoms with Crippen LogP contribution in [0.15, 0.2) is 66.9 Å². The zero-order valence-corrected chi connectivity index (χ0v) is 27.0. The van der Waals surface area contributed by atoms with Crippen molar-refractivity contribution >= 4 is 5.91 Å². The van der Waals surface area contributed by atoms with E-state index >= 15 is 0 Å². The lowest BCUT2D eigenvalue weighted by Crippen LogP contribution is -2.43. The second-order valence-corrected chi connectivity index (χ2v) is 9.61. The lowest BCUT2D eigenvalue weighted by Gasteiger charge is -2.40. The molecule has 2 aromatic rings. The quantitative estimate of drug-likeness (QED) is 0.324. The van der Waals surface area contributed by atoms with Crippen molar-refractivity contribution in [1.82, 2.24) is 16.0 Å². The maximum Gasteiger partial charge on any atom is 0.255 e. The summed E-state index contributed by atoms with van der Waals surface area (Å²) in [5.41, 5.74) is 1.96. The van der Waals surface area contributed by atoms with Crippen molar-refractivity contribution in [3.8, 4) is 5.75 Å². The van der Waals surface area contributed by atoms with Crippen molar-refractivity contribution in [1.29, 1.82) is 0 Å². The first kappa shape index (κ1) is 37.2. The summed E-state index contributed by atoms with van der Waals surface area (Å²) >= 11 is 0. The zero-order chi connectivity index (χ0) is 30.2. The fraction of sp³-hybridized carbons (Fsp3) is 0.571. The summed E-state index contributed by atoms with van der Waals surface area (Å²) in [6, 6.07) is 18.7. The molecule has 4 rings (SSSR count). The molecule has 1 saturated carbocycles. The van der Waals surface area contributed by atoms with Crippen LogP contribution in [0.3, 0.4) is 0 Å². The number of carbonyl (C=O) groups excluding carboxylic acids is 1.